The molecule has 0 saturated carbocycles. The summed E-state index contributed by atoms with van der Waals surface area (Å²) >= 11 is 0. The van der Waals surface area contributed by atoms with Crippen LogP contribution in [0.15, 0.2) is 49.7 Å². The molecule has 0 radical (unpaired) electrons. The standard InChI is InChI=1S/C21H25N2/c1-6-20-18(15-16-23(8-3)21(20)7-2)12-9-17-10-13-19(14-11-17)22(4)5/h6-7,9-16H,1-2,8H2,3-5H3/q+1. The summed E-state index contributed by atoms with van der Waals surface area (Å²) < 4.78 is 2.17. The number of hydrogen-bond donors (Lipinski definition) is 0. The first-order chi connectivity index (χ1) is 11.1. The van der Waals surface area contributed by atoms with Gasteiger partial charge in [-0.2, -0.15) is 4.57 Å². The molecular formula is C21H25N2+. The van der Waals surface area contributed by atoms with Gasteiger partial charge in [0, 0.05) is 31.9 Å². The van der Waals surface area contributed by atoms with E-state index in [4.69, 9.17) is 0 Å². The van der Waals surface area contributed by atoms with Crippen LogP contribution < -0.4 is 9.47 Å². The number of aryl methyl sites for hydroxylation is 1. The van der Waals surface area contributed by atoms with Crippen molar-refractivity contribution in [2.24, 2.45) is 0 Å². The maximum atomic E-state index is 3.96. The SMILES string of the molecule is C=Cc1c(C=Cc2ccc(N(C)C)cc2)cc[n+](CC)c1C=C. The van der Waals surface area contributed by atoms with E-state index in [9.17, 15) is 0 Å². The van der Waals surface area contributed by atoms with Crippen molar-refractivity contribution in [3.63, 3.8) is 0 Å². The smallest absolute Gasteiger partial charge is 0.212 e. The van der Waals surface area contributed by atoms with E-state index in [0.717, 1.165) is 23.4 Å². The summed E-state index contributed by atoms with van der Waals surface area (Å²) in [6.45, 7) is 10.9. The fourth-order valence-corrected chi connectivity index (χ4v) is 2.58. The molecule has 0 fully saturated rings. The van der Waals surface area contributed by atoms with Gasteiger partial charge >= 0.3 is 0 Å². The Balaban J connectivity index is 2.35. The number of rotatable bonds is 6. The zero-order valence-corrected chi connectivity index (χ0v) is 14.3. The molecule has 1 heterocycles. The lowest BCUT2D eigenvalue weighted by molar-refractivity contribution is -0.695. The molecule has 0 aliphatic rings. The number of nitrogens with zero attached hydrogens (tertiary/aromatic N) is 2. The first kappa shape index (κ1) is 16.8. The molecule has 2 nitrogen and oxygen atoms in total. The molecule has 1 aromatic carbocycles. The van der Waals surface area contributed by atoms with Crippen LogP contribution in [0.1, 0.15) is 29.3 Å². The molecule has 0 amide bonds. The van der Waals surface area contributed by atoms with Crippen molar-refractivity contribution in [1.82, 2.24) is 0 Å². The van der Waals surface area contributed by atoms with Crippen molar-refractivity contribution in [2.45, 2.75) is 13.5 Å². The summed E-state index contributed by atoms with van der Waals surface area (Å²) in [6, 6.07) is 10.6. The zero-order valence-electron chi connectivity index (χ0n) is 14.3. The lowest BCUT2D eigenvalue weighted by Gasteiger charge is -2.11. The molecule has 0 bridgehead atoms. The van der Waals surface area contributed by atoms with Crippen LogP contribution in [0.3, 0.4) is 0 Å². The highest BCUT2D eigenvalue weighted by molar-refractivity contribution is 5.77. The third-order valence-electron chi connectivity index (χ3n) is 3.93. The van der Waals surface area contributed by atoms with Crippen LogP contribution in [-0.4, -0.2) is 14.1 Å². The minimum absolute atomic E-state index is 0.915. The second kappa shape index (κ2) is 7.59. The number of anilines is 1. The lowest BCUT2D eigenvalue weighted by Crippen LogP contribution is -2.36. The Kier molecular flexibility index (Phi) is 5.53. The van der Waals surface area contributed by atoms with E-state index in [2.05, 4.69) is 78.2 Å². The molecule has 0 N–H and O–H groups in total. The van der Waals surface area contributed by atoms with Gasteiger partial charge < -0.3 is 4.90 Å². The van der Waals surface area contributed by atoms with Crippen LogP contribution in [0.2, 0.25) is 0 Å². The highest BCUT2D eigenvalue weighted by Gasteiger charge is 2.12. The number of pyridine rings is 1. The van der Waals surface area contributed by atoms with Crippen molar-refractivity contribution < 1.29 is 4.57 Å². The molecule has 2 rings (SSSR count). The fraction of sp³-hybridized carbons (Fsp3) is 0.190. The number of benzene rings is 1. The minimum atomic E-state index is 0.915. The van der Waals surface area contributed by atoms with Crippen molar-refractivity contribution in [3.05, 3.63) is 72.1 Å². The Labute approximate surface area is 139 Å². The molecule has 2 aromatic rings. The maximum Gasteiger partial charge on any atom is 0.212 e. The van der Waals surface area contributed by atoms with Crippen molar-refractivity contribution in [2.75, 3.05) is 19.0 Å². The Bertz CT molecular complexity index is 722. The van der Waals surface area contributed by atoms with Crippen molar-refractivity contribution in [3.8, 4) is 0 Å². The Morgan fingerprint density at radius 3 is 2.22 bits per heavy atom. The van der Waals surface area contributed by atoms with Gasteiger partial charge in [0.05, 0.1) is 5.56 Å². The lowest BCUT2D eigenvalue weighted by atomic mass is 10.0. The average molecular weight is 305 g/mol. The van der Waals surface area contributed by atoms with E-state index in [1.54, 1.807) is 0 Å². The van der Waals surface area contributed by atoms with Crippen LogP contribution in [0.4, 0.5) is 5.69 Å². The first-order valence-corrected chi connectivity index (χ1v) is 7.87. The normalized spacial score (nSPS) is 10.7. The van der Waals surface area contributed by atoms with Gasteiger partial charge in [-0.05, 0) is 30.2 Å². The van der Waals surface area contributed by atoms with E-state index >= 15 is 0 Å². The third-order valence-corrected chi connectivity index (χ3v) is 3.93. The summed E-state index contributed by atoms with van der Waals surface area (Å²) in [7, 11) is 4.09. The van der Waals surface area contributed by atoms with Gasteiger partial charge in [0.25, 0.3) is 0 Å². The van der Waals surface area contributed by atoms with Crippen LogP contribution in [0.25, 0.3) is 24.3 Å². The monoisotopic (exact) mass is 305 g/mol. The summed E-state index contributed by atoms with van der Waals surface area (Å²) in [5.41, 5.74) is 5.75. The van der Waals surface area contributed by atoms with E-state index in [0.29, 0.717) is 0 Å². The molecular weight excluding hydrogens is 280 g/mol. The highest BCUT2D eigenvalue weighted by Crippen LogP contribution is 2.19. The molecule has 0 unspecified atom stereocenters. The largest absolute Gasteiger partial charge is 0.378 e. The Hall–Kier alpha value is -2.61. The second-order valence-electron chi connectivity index (χ2n) is 5.58. The number of hydrogen-bond acceptors (Lipinski definition) is 1. The van der Waals surface area contributed by atoms with Crippen LogP contribution >= 0.6 is 0 Å². The van der Waals surface area contributed by atoms with Gasteiger partial charge in [-0.3, -0.25) is 0 Å². The highest BCUT2D eigenvalue weighted by atomic mass is 15.1. The molecule has 0 aliphatic heterocycles. The van der Waals surface area contributed by atoms with Gasteiger partial charge in [-0.1, -0.05) is 43.5 Å². The molecule has 0 spiro atoms. The van der Waals surface area contributed by atoms with E-state index in [1.807, 2.05) is 26.2 Å². The average Bonchev–Trinajstić information content (AvgIpc) is 2.59. The molecule has 118 valence electrons. The molecule has 0 atom stereocenters. The Morgan fingerprint density at radius 1 is 1.00 bits per heavy atom. The summed E-state index contributed by atoms with van der Waals surface area (Å²) in [4.78, 5) is 2.10. The van der Waals surface area contributed by atoms with Crippen molar-refractivity contribution >= 4 is 30.0 Å². The van der Waals surface area contributed by atoms with Gasteiger partial charge in [-0.25, -0.2) is 0 Å². The summed E-state index contributed by atoms with van der Waals surface area (Å²) in [5.74, 6) is 0. The Morgan fingerprint density at radius 2 is 1.70 bits per heavy atom. The number of aromatic nitrogens is 1. The van der Waals surface area contributed by atoms with Gasteiger partial charge in [0.2, 0.25) is 5.69 Å². The maximum absolute atomic E-state index is 3.96. The molecule has 1 aromatic heterocycles. The van der Waals surface area contributed by atoms with Gasteiger partial charge in [-0.15, -0.1) is 0 Å². The first-order valence-electron chi connectivity index (χ1n) is 7.87. The molecule has 0 saturated heterocycles. The molecule has 0 aliphatic carbocycles. The van der Waals surface area contributed by atoms with Gasteiger partial charge in [0.1, 0.15) is 6.54 Å². The third kappa shape index (κ3) is 3.78. The van der Waals surface area contributed by atoms with Crippen LogP contribution in [0.5, 0.6) is 0 Å². The predicted molar refractivity (Wildman–Crippen MR) is 102 cm³/mol. The summed E-state index contributed by atoms with van der Waals surface area (Å²) in [6.07, 6.45) is 10.2. The van der Waals surface area contributed by atoms with E-state index < -0.39 is 0 Å². The molecule has 2 heteroatoms. The van der Waals surface area contributed by atoms with Crippen LogP contribution in [-0.2, 0) is 6.54 Å². The summed E-state index contributed by atoms with van der Waals surface area (Å²) in [5, 5.41) is 0. The van der Waals surface area contributed by atoms with Crippen molar-refractivity contribution in [1.29, 1.82) is 0 Å². The topological polar surface area (TPSA) is 7.12 Å². The quantitative estimate of drug-likeness (QED) is 0.712. The van der Waals surface area contributed by atoms with E-state index in [1.165, 1.54) is 11.3 Å². The second-order valence-corrected chi connectivity index (χ2v) is 5.58. The molecule has 23 heavy (non-hydrogen) atoms. The predicted octanol–water partition coefficient (Wildman–Crippen LogP) is 4.52. The fourth-order valence-electron chi connectivity index (χ4n) is 2.58. The zero-order chi connectivity index (χ0) is 16.8. The van der Waals surface area contributed by atoms with Gasteiger partial charge in [0.15, 0.2) is 6.20 Å². The minimum Gasteiger partial charge on any atom is -0.378 e. The van der Waals surface area contributed by atoms with E-state index in [-0.39, 0.29) is 0 Å². The van der Waals surface area contributed by atoms with Crippen LogP contribution in [0, 0.1) is 0 Å².